The second-order valence-electron chi connectivity index (χ2n) is 12.1. The molecule has 1 aromatic rings. The Labute approximate surface area is 230 Å². The highest BCUT2D eigenvalue weighted by Crippen LogP contribution is 2.49. The Morgan fingerprint density at radius 2 is 2.05 bits per heavy atom. The summed E-state index contributed by atoms with van der Waals surface area (Å²) in [4.78, 5) is 28.6. The topological polar surface area (TPSA) is 85.6 Å². The number of carbonyl (C=O) groups is 1. The van der Waals surface area contributed by atoms with Crippen LogP contribution in [0.2, 0.25) is 5.02 Å². The number of carbonyl (C=O) groups excluding carboxylic acids is 1. The molecule has 9 nitrogen and oxygen atoms in total. The van der Waals surface area contributed by atoms with Crippen LogP contribution in [0.3, 0.4) is 0 Å². The van der Waals surface area contributed by atoms with Gasteiger partial charge in [0.15, 0.2) is 12.4 Å². The quantitative estimate of drug-likeness (QED) is 0.545. The van der Waals surface area contributed by atoms with E-state index in [-0.39, 0.29) is 29.2 Å². The second-order valence-corrected chi connectivity index (χ2v) is 12.5. The van der Waals surface area contributed by atoms with E-state index < -0.39 is 24.5 Å². The number of hydrogen-bond donors (Lipinski definition) is 2. The molecule has 12 heteroatoms. The summed E-state index contributed by atoms with van der Waals surface area (Å²) in [5.74, 6) is -2.69. The predicted molar refractivity (Wildman–Crippen MR) is 142 cm³/mol. The highest BCUT2D eigenvalue weighted by atomic mass is 35.5. The van der Waals surface area contributed by atoms with E-state index in [4.69, 9.17) is 21.3 Å². The summed E-state index contributed by atoms with van der Waals surface area (Å²) >= 11 is 6.52. The van der Waals surface area contributed by atoms with Gasteiger partial charge in [0, 0.05) is 37.3 Å². The molecule has 1 amide bonds. The number of ether oxygens (including phenoxy) is 1. The molecule has 5 heterocycles. The zero-order valence-electron chi connectivity index (χ0n) is 22.3. The SMILES string of the molecule is CC1C=C(Nc2nc(N3C4CN(C)CC43C)ncc2Cl)C=C2C3=C(OCC(F)(F)[C@H](C4CC4)N3)C(=O)N(C)C21. The Balaban J connectivity index is 1.21. The normalized spacial score (nSPS) is 35.2. The van der Waals surface area contributed by atoms with E-state index in [0.29, 0.717) is 34.2 Å². The fraction of sp³-hybridized carbons (Fsp3) is 0.593. The van der Waals surface area contributed by atoms with Crippen LogP contribution in [-0.2, 0) is 9.53 Å². The van der Waals surface area contributed by atoms with Gasteiger partial charge in [0.05, 0.1) is 35.6 Å². The van der Waals surface area contributed by atoms with Gasteiger partial charge in [-0.05, 0) is 38.8 Å². The van der Waals surface area contributed by atoms with Crippen molar-refractivity contribution in [1.82, 2.24) is 25.1 Å². The van der Waals surface area contributed by atoms with Crippen molar-refractivity contribution in [2.75, 3.05) is 44.0 Å². The van der Waals surface area contributed by atoms with E-state index >= 15 is 8.78 Å². The molecule has 2 N–H and O–H groups in total. The molecule has 6 aliphatic rings. The molecule has 39 heavy (non-hydrogen) atoms. The van der Waals surface area contributed by atoms with Gasteiger partial charge in [0.25, 0.3) is 5.91 Å². The zero-order chi connectivity index (χ0) is 27.4. The molecule has 5 atom stereocenters. The smallest absolute Gasteiger partial charge is 0.301 e. The number of amides is 1. The molecule has 1 saturated carbocycles. The van der Waals surface area contributed by atoms with E-state index in [1.165, 1.54) is 0 Å². The molecule has 208 valence electrons. The van der Waals surface area contributed by atoms with Crippen molar-refractivity contribution in [3.63, 3.8) is 0 Å². The number of fused-ring (bicyclic) bond motifs is 3. The molecular formula is C27H32ClF2N7O2. The van der Waals surface area contributed by atoms with Gasteiger partial charge in [-0.2, -0.15) is 4.98 Å². The van der Waals surface area contributed by atoms with E-state index in [1.807, 2.05) is 19.1 Å². The Hall–Kier alpha value is -2.92. The fourth-order valence-electron chi connectivity index (χ4n) is 6.97. The van der Waals surface area contributed by atoms with Gasteiger partial charge >= 0.3 is 5.92 Å². The van der Waals surface area contributed by atoms with Gasteiger partial charge in [0.1, 0.15) is 5.02 Å². The minimum Gasteiger partial charge on any atom is -0.480 e. The van der Waals surface area contributed by atoms with Crippen LogP contribution in [0.1, 0.15) is 26.7 Å². The van der Waals surface area contributed by atoms with Crippen molar-refractivity contribution < 1.29 is 18.3 Å². The van der Waals surface area contributed by atoms with Crippen molar-refractivity contribution in [3.05, 3.63) is 46.1 Å². The number of nitrogens with zero attached hydrogens (tertiary/aromatic N) is 5. The average molecular weight is 560 g/mol. The Bertz CT molecular complexity index is 1360. The monoisotopic (exact) mass is 559 g/mol. The highest BCUT2D eigenvalue weighted by molar-refractivity contribution is 6.32. The van der Waals surface area contributed by atoms with Crippen LogP contribution in [-0.4, -0.2) is 89.1 Å². The van der Waals surface area contributed by atoms with Gasteiger partial charge in [0.2, 0.25) is 11.7 Å². The lowest BCUT2D eigenvalue weighted by molar-refractivity contribution is -0.135. The highest BCUT2D eigenvalue weighted by Gasteiger charge is 2.65. The summed E-state index contributed by atoms with van der Waals surface area (Å²) in [7, 11) is 3.80. The van der Waals surface area contributed by atoms with Crippen molar-refractivity contribution in [1.29, 1.82) is 0 Å². The summed E-state index contributed by atoms with van der Waals surface area (Å²) in [6.45, 7) is 5.30. The Morgan fingerprint density at radius 3 is 2.74 bits per heavy atom. The van der Waals surface area contributed by atoms with Crippen molar-refractivity contribution in [3.8, 4) is 0 Å². The van der Waals surface area contributed by atoms with Crippen LogP contribution < -0.4 is 15.5 Å². The molecule has 7 rings (SSSR count). The lowest BCUT2D eigenvalue weighted by atomic mass is 9.82. The largest absolute Gasteiger partial charge is 0.480 e. The predicted octanol–water partition coefficient (Wildman–Crippen LogP) is 2.98. The van der Waals surface area contributed by atoms with E-state index in [9.17, 15) is 4.79 Å². The van der Waals surface area contributed by atoms with Gasteiger partial charge in [-0.25, -0.2) is 13.8 Å². The molecule has 3 fully saturated rings. The number of nitrogens with one attached hydrogen (secondary N) is 2. The molecule has 4 aliphatic heterocycles. The number of alkyl halides is 2. The first kappa shape index (κ1) is 25.1. The van der Waals surface area contributed by atoms with Crippen molar-refractivity contribution in [2.24, 2.45) is 11.8 Å². The summed E-state index contributed by atoms with van der Waals surface area (Å²) in [5, 5.41) is 6.79. The fourth-order valence-corrected chi connectivity index (χ4v) is 7.11. The number of allylic oxidation sites excluding steroid dienone is 1. The molecule has 0 aromatic carbocycles. The minimum atomic E-state index is -3.09. The van der Waals surface area contributed by atoms with Crippen molar-refractivity contribution >= 4 is 29.3 Å². The number of halogens is 3. The number of rotatable bonds is 4. The summed E-state index contributed by atoms with van der Waals surface area (Å²) in [6, 6.07) is -1.03. The van der Waals surface area contributed by atoms with Crippen molar-refractivity contribution in [2.45, 2.75) is 56.3 Å². The standard InChI is InChI=1S/C27H32ClF2N7O2/c1-13-7-15(32-23-17(28)9-31-25(34-23)37-18-10-35(3)11-26(18,37)2)8-16-19-21(24(38)36(4)20(13)16)39-12-27(29,30)22(33-19)14-5-6-14/h7-9,13-14,18,20,22,33H,5-6,10-12H2,1-4H3,(H,31,32,34)/t13?,18?,20?,22-,26?,37?/m0/s1. The molecule has 0 bridgehead atoms. The van der Waals surface area contributed by atoms with E-state index in [2.05, 4.69) is 39.4 Å². The zero-order valence-corrected chi connectivity index (χ0v) is 23.1. The van der Waals surface area contributed by atoms with Crippen LogP contribution in [0.15, 0.2) is 41.1 Å². The molecule has 1 aromatic heterocycles. The Kier molecular flexibility index (Phi) is 5.33. The lowest BCUT2D eigenvalue weighted by Gasteiger charge is -2.41. The molecule has 2 aliphatic carbocycles. The number of hydrogen-bond acceptors (Lipinski definition) is 8. The van der Waals surface area contributed by atoms with Crippen LogP contribution in [0.5, 0.6) is 0 Å². The van der Waals surface area contributed by atoms with Gasteiger partial charge in [-0.1, -0.05) is 24.6 Å². The first-order chi connectivity index (χ1) is 18.5. The van der Waals surface area contributed by atoms with E-state index in [1.54, 1.807) is 18.1 Å². The van der Waals surface area contributed by atoms with Gasteiger partial charge in [-0.15, -0.1) is 0 Å². The number of anilines is 2. The first-order valence-corrected chi connectivity index (χ1v) is 13.9. The molecule has 2 saturated heterocycles. The lowest BCUT2D eigenvalue weighted by Crippen LogP contribution is -2.52. The Morgan fingerprint density at radius 1 is 1.28 bits per heavy atom. The minimum absolute atomic E-state index is 0.0150. The molecule has 0 spiro atoms. The number of likely N-dealkylation sites (N-methyl/N-ethyl adjacent to an activating group) is 2. The molecular weight excluding hydrogens is 528 g/mol. The van der Waals surface area contributed by atoms with Crippen LogP contribution in [0, 0.1) is 11.8 Å². The summed E-state index contributed by atoms with van der Waals surface area (Å²) < 4.78 is 35.6. The maximum atomic E-state index is 15.0. The van der Waals surface area contributed by atoms with Crippen LogP contribution >= 0.6 is 11.6 Å². The van der Waals surface area contributed by atoms with Crippen LogP contribution in [0.4, 0.5) is 20.5 Å². The van der Waals surface area contributed by atoms with Gasteiger partial charge < -0.3 is 30.1 Å². The third kappa shape index (κ3) is 3.83. The number of aromatic nitrogens is 2. The van der Waals surface area contributed by atoms with Crippen LogP contribution in [0.25, 0.3) is 0 Å². The maximum absolute atomic E-state index is 15.0. The maximum Gasteiger partial charge on any atom is 0.301 e. The van der Waals surface area contributed by atoms with Gasteiger partial charge in [-0.3, -0.25) is 4.79 Å². The first-order valence-electron chi connectivity index (χ1n) is 13.5. The number of likely N-dealkylation sites (tertiary alicyclic amines) is 1. The molecule has 0 radical (unpaired) electrons. The van der Waals surface area contributed by atoms with E-state index in [0.717, 1.165) is 31.5 Å². The molecule has 4 unspecified atom stereocenters. The third-order valence-electron chi connectivity index (χ3n) is 9.07. The average Bonchev–Trinajstić information content (AvgIpc) is 3.76. The summed E-state index contributed by atoms with van der Waals surface area (Å²) in [6.07, 6.45) is 6.96. The summed E-state index contributed by atoms with van der Waals surface area (Å²) in [5.41, 5.74) is 1.82. The third-order valence-corrected chi connectivity index (χ3v) is 9.35. The number of piperazine rings is 1. The second kappa shape index (κ2) is 8.30.